The minimum Gasteiger partial charge on any atom is -0.378 e. The molecule has 39 heavy (non-hydrogen) atoms. The number of amides is 3. The second-order valence-corrected chi connectivity index (χ2v) is 9.63. The number of primary amides is 1. The number of ether oxygens (including phenoxy) is 1. The maximum absolute atomic E-state index is 12.9. The molecule has 6 rings (SSSR count). The standard InChI is InChI=1S/C27H29N9O3/c28-27(38)31-20-5-3-18(4-6-20)23-32-24(34-12-14-39-15-13-34)22-17-30-36(25(22)33-23)21-7-10-35(11-8-21)26(37)19-2-1-9-29-16-19/h1-6,9,16-17,21H,7-8,10-15H2,(H3,28,31,38). The molecule has 5 heterocycles. The Morgan fingerprint density at radius 3 is 2.44 bits per heavy atom. The number of morpholine rings is 1. The van der Waals surface area contributed by atoms with Crippen molar-refractivity contribution in [2.75, 3.05) is 49.6 Å². The van der Waals surface area contributed by atoms with E-state index in [1.165, 1.54) is 0 Å². The predicted molar refractivity (Wildman–Crippen MR) is 145 cm³/mol. The molecule has 4 aromatic rings. The lowest BCUT2D eigenvalue weighted by atomic mass is 10.0. The molecule has 3 amide bonds. The number of pyridine rings is 1. The zero-order chi connectivity index (χ0) is 26.8. The smallest absolute Gasteiger partial charge is 0.316 e. The van der Waals surface area contributed by atoms with Gasteiger partial charge in [-0.15, -0.1) is 0 Å². The van der Waals surface area contributed by atoms with Crippen LogP contribution >= 0.6 is 0 Å². The second-order valence-electron chi connectivity index (χ2n) is 9.63. The van der Waals surface area contributed by atoms with E-state index in [9.17, 15) is 9.59 Å². The number of nitrogens with zero attached hydrogens (tertiary/aromatic N) is 7. The molecule has 0 atom stereocenters. The fraction of sp³-hybridized carbons (Fsp3) is 0.333. The van der Waals surface area contributed by atoms with Crippen LogP contribution in [0.3, 0.4) is 0 Å². The number of aromatic nitrogens is 5. The van der Waals surface area contributed by atoms with E-state index in [-0.39, 0.29) is 11.9 Å². The SMILES string of the molecule is NC(=O)Nc1ccc(-c2nc(N3CCOCC3)c3cnn(C4CCN(C(=O)c5cccnc5)CC4)c3n2)cc1. The zero-order valence-corrected chi connectivity index (χ0v) is 21.4. The Hall–Kier alpha value is -4.58. The van der Waals surface area contributed by atoms with Gasteiger partial charge in [0.2, 0.25) is 0 Å². The maximum Gasteiger partial charge on any atom is 0.316 e. The second kappa shape index (κ2) is 10.7. The van der Waals surface area contributed by atoms with Crippen LogP contribution in [0.5, 0.6) is 0 Å². The summed E-state index contributed by atoms with van der Waals surface area (Å²) in [6.45, 7) is 3.97. The van der Waals surface area contributed by atoms with E-state index in [1.54, 1.807) is 36.7 Å². The summed E-state index contributed by atoms with van der Waals surface area (Å²) in [6, 6.07) is 10.3. The molecule has 0 bridgehead atoms. The van der Waals surface area contributed by atoms with E-state index < -0.39 is 6.03 Å². The summed E-state index contributed by atoms with van der Waals surface area (Å²) in [5, 5.41) is 8.23. The molecule has 0 spiro atoms. The van der Waals surface area contributed by atoms with Gasteiger partial charge < -0.3 is 25.6 Å². The van der Waals surface area contributed by atoms with Gasteiger partial charge in [-0.2, -0.15) is 5.10 Å². The van der Waals surface area contributed by atoms with Crippen LogP contribution in [-0.2, 0) is 4.74 Å². The molecule has 2 aliphatic rings. The number of nitrogens with two attached hydrogens (primary N) is 1. The number of hydrogen-bond acceptors (Lipinski definition) is 8. The van der Waals surface area contributed by atoms with Crippen LogP contribution in [0.15, 0.2) is 55.0 Å². The van der Waals surface area contributed by atoms with Crippen molar-refractivity contribution in [1.82, 2.24) is 29.6 Å². The van der Waals surface area contributed by atoms with E-state index in [2.05, 4.69) is 15.2 Å². The first-order valence-corrected chi connectivity index (χ1v) is 13.0. The lowest BCUT2D eigenvalue weighted by Gasteiger charge is -2.32. The Kier molecular flexibility index (Phi) is 6.76. The highest BCUT2D eigenvalue weighted by Gasteiger charge is 2.28. The van der Waals surface area contributed by atoms with Crippen molar-refractivity contribution in [1.29, 1.82) is 0 Å². The molecule has 0 unspecified atom stereocenters. The van der Waals surface area contributed by atoms with Crippen LogP contribution in [0.2, 0.25) is 0 Å². The first-order valence-electron chi connectivity index (χ1n) is 13.0. The van der Waals surface area contributed by atoms with Crippen molar-refractivity contribution in [3.8, 4) is 11.4 Å². The number of hydrogen-bond donors (Lipinski definition) is 2. The Morgan fingerprint density at radius 2 is 1.74 bits per heavy atom. The van der Waals surface area contributed by atoms with Crippen molar-refractivity contribution in [2.45, 2.75) is 18.9 Å². The molecule has 12 heteroatoms. The van der Waals surface area contributed by atoms with Gasteiger partial charge in [0.25, 0.3) is 5.91 Å². The van der Waals surface area contributed by atoms with Gasteiger partial charge >= 0.3 is 6.03 Å². The van der Waals surface area contributed by atoms with Crippen LogP contribution in [-0.4, -0.2) is 81.0 Å². The van der Waals surface area contributed by atoms with Gasteiger partial charge in [-0.3, -0.25) is 9.78 Å². The van der Waals surface area contributed by atoms with E-state index >= 15 is 0 Å². The van der Waals surface area contributed by atoms with Gasteiger partial charge in [0.05, 0.1) is 36.4 Å². The highest BCUT2D eigenvalue weighted by molar-refractivity contribution is 5.94. The van der Waals surface area contributed by atoms with Gasteiger partial charge in [0, 0.05) is 49.8 Å². The molecule has 0 radical (unpaired) electrons. The average molecular weight is 528 g/mol. The quantitative estimate of drug-likeness (QED) is 0.403. The van der Waals surface area contributed by atoms with E-state index in [0.717, 1.165) is 48.3 Å². The summed E-state index contributed by atoms with van der Waals surface area (Å²) >= 11 is 0. The Bertz CT molecular complexity index is 1480. The van der Waals surface area contributed by atoms with Gasteiger partial charge in [-0.1, -0.05) is 0 Å². The number of rotatable bonds is 5. The number of fused-ring (bicyclic) bond motifs is 1. The topological polar surface area (TPSA) is 144 Å². The average Bonchev–Trinajstić information content (AvgIpc) is 3.41. The van der Waals surface area contributed by atoms with Crippen molar-refractivity contribution >= 4 is 34.5 Å². The van der Waals surface area contributed by atoms with Crippen molar-refractivity contribution in [3.63, 3.8) is 0 Å². The Balaban J connectivity index is 1.31. The van der Waals surface area contributed by atoms with E-state index in [0.29, 0.717) is 43.4 Å². The van der Waals surface area contributed by atoms with Crippen LogP contribution in [0.1, 0.15) is 29.2 Å². The Labute approximate surface area is 224 Å². The third kappa shape index (κ3) is 5.10. The fourth-order valence-electron chi connectivity index (χ4n) is 5.15. The van der Waals surface area contributed by atoms with Gasteiger partial charge in [-0.05, 0) is 49.2 Å². The van der Waals surface area contributed by atoms with E-state index in [1.807, 2.05) is 27.9 Å². The molecule has 2 fully saturated rings. The molecule has 12 nitrogen and oxygen atoms in total. The number of carbonyl (C=O) groups is 2. The number of urea groups is 1. The van der Waals surface area contributed by atoms with Gasteiger partial charge in [0.1, 0.15) is 5.82 Å². The summed E-state index contributed by atoms with van der Waals surface area (Å²) in [6.07, 6.45) is 6.65. The molecule has 0 aliphatic carbocycles. The van der Waals surface area contributed by atoms with Crippen LogP contribution in [0.4, 0.5) is 16.3 Å². The highest BCUT2D eigenvalue weighted by Crippen LogP contribution is 2.32. The van der Waals surface area contributed by atoms with Gasteiger partial charge in [0.15, 0.2) is 11.5 Å². The number of likely N-dealkylation sites (tertiary alicyclic amines) is 1. The van der Waals surface area contributed by atoms with Crippen LogP contribution in [0, 0.1) is 0 Å². The summed E-state index contributed by atoms with van der Waals surface area (Å²) in [5.74, 6) is 1.40. The number of carbonyl (C=O) groups excluding carboxylic acids is 2. The highest BCUT2D eigenvalue weighted by atomic mass is 16.5. The first-order chi connectivity index (χ1) is 19.1. The number of piperidine rings is 1. The molecule has 1 aromatic carbocycles. The molecule has 2 aliphatic heterocycles. The lowest BCUT2D eigenvalue weighted by Crippen LogP contribution is -2.39. The van der Waals surface area contributed by atoms with Crippen molar-refractivity contribution in [3.05, 3.63) is 60.6 Å². The van der Waals surface area contributed by atoms with Crippen molar-refractivity contribution < 1.29 is 14.3 Å². The molecule has 200 valence electrons. The Morgan fingerprint density at radius 1 is 0.974 bits per heavy atom. The van der Waals surface area contributed by atoms with Crippen LogP contribution < -0.4 is 16.0 Å². The molecule has 0 saturated carbocycles. The third-order valence-electron chi connectivity index (χ3n) is 7.16. The third-order valence-corrected chi connectivity index (χ3v) is 7.16. The number of anilines is 2. The maximum atomic E-state index is 12.9. The first kappa shape index (κ1) is 24.7. The lowest BCUT2D eigenvalue weighted by molar-refractivity contribution is 0.0691. The molecular formula is C27H29N9O3. The molecule has 3 aromatic heterocycles. The van der Waals surface area contributed by atoms with Gasteiger partial charge in [-0.25, -0.2) is 19.4 Å². The summed E-state index contributed by atoms with van der Waals surface area (Å²) in [7, 11) is 0. The number of nitrogens with one attached hydrogen (secondary N) is 1. The normalized spacial score (nSPS) is 16.4. The van der Waals surface area contributed by atoms with Crippen molar-refractivity contribution in [2.24, 2.45) is 5.73 Å². The fourth-order valence-corrected chi connectivity index (χ4v) is 5.15. The predicted octanol–water partition coefficient (Wildman–Crippen LogP) is 2.69. The summed E-state index contributed by atoms with van der Waals surface area (Å²) < 4.78 is 7.55. The minimum atomic E-state index is -0.618. The summed E-state index contributed by atoms with van der Waals surface area (Å²) in [4.78, 5) is 42.2. The molecule has 2 saturated heterocycles. The largest absolute Gasteiger partial charge is 0.378 e. The van der Waals surface area contributed by atoms with E-state index in [4.69, 9.17) is 25.5 Å². The molecule has 3 N–H and O–H groups in total. The zero-order valence-electron chi connectivity index (χ0n) is 21.4. The monoisotopic (exact) mass is 527 g/mol. The summed E-state index contributed by atoms with van der Waals surface area (Å²) in [5.41, 5.74) is 8.01. The minimum absolute atomic E-state index is 0.000334. The van der Waals surface area contributed by atoms with Crippen LogP contribution in [0.25, 0.3) is 22.4 Å². The molecular weight excluding hydrogens is 498 g/mol. The number of benzene rings is 1.